The van der Waals surface area contributed by atoms with Crippen LogP contribution in [0.5, 0.6) is 0 Å². The van der Waals surface area contributed by atoms with Gasteiger partial charge in [0.05, 0.1) is 22.4 Å². The number of rotatable bonds is 3. The number of fused-ring (bicyclic) bond motifs is 1. The highest BCUT2D eigenvalue weighted by Crippen LogP contribution is 2.39. The SMILES string of the molecule is O=C1c2ccc(-c3ccc(-c4cccs4)s3)cc2C(=O)N1c1ccc(C(F)(F)F)cc1. The van der Waals surface area contributed by atoms with Gasteiger partial charge in [-0.3, -0.25) is 9.59 Å². The Kier molecular flexibility index (Phi) is 4.56. The van der Waals surface area contributed by atoms with Crippen molar-refractivity contribution in [1.82, 2.24) is 0 Å². The van der Waals surface area contributed by atoms with E-state index in [1.54, 1.807) is 40.9 Å². The third kappa shape index (κ3) is 3.37. The van der Waals surface area contributed by atoms with E-state index >= 15 is 0 Å². The smallest absolute Gasteiger partial charge is 0.268 e. The first kappa shape index (κ1) is 19.7. The Morgan fingerprint density at radius 3 is 2.13 bits per heavy atom. The number of anilines is 1. The summed E-state index contributed by atoms with van der Waals surface area (Å²) in [4.78, 5) is 29.9. The first-order valence-electron chi connectivity index (χ1n) is 9.17. The molecule has 2 aromatic carbocycles. The number of imide groups is 1. The topological polar surface area (TPSA) is 37.4 Å². The summed E-state index contributed by atoms with van der Waals surface area (Å²) in [5, 5.41) is 2.00. The Morgan fingerprint density at radius 1 is 0.742 bits per heavy atom. The van der Waals surface area contributed by atoms with Gasteiger partial charge < -0.3 is 0 Å². The van der Waals surface area contributed by atoms with Gasteiger partial charge in [-0.15, -0.1) is 22.7 Å². The molecular formula is C23H12F3NO2S2. The van der Waals surface area contributed by atoms with Gasteiger partial charge in [-0.05, 0) is 65.5 Å². The van der Waals surface area contributed by atoms with Crippen LogP contribution in [0, 0.1) is 0 Å². The number of nitrogens with zero attached hydrogens (tertiary/aromatic N) is 1. The summed E-state index contributed by atoms with van der Waals surface area (Å²) in [6.07, 6.45) is -4.49. The van der Waals surface area contributed by atoms with Crippen LogP contribution in [0.2, 0.25) is 0 Å². The number of amides is 2. The number of alkyl halides is 3. The predicted octanol–water partition coefficient (Wildman–Crippen LogP) is 6.96. The molecule has 2 amide bonds. The molecule has 0 aliphatic carbocycles. The van der Waals surface area contributed by atoms with Crippen molar-refractivity contribution in [2.45, 2.75) is 6.18 Å². The van der Waals surface area contributed by atoms with Crippen molar-refractivity contribution in [3.63, 3.8) is 0 Å². The zero-order chi connectivity index (χ0) is 21.8. The molecule has 154 valence electrons. The maximum absolute atomic E-state index is 13.0. The van der Waals surface area contributed by atoms with Gasteiger partial charge in [-0.2, -0.15) is 13.2 Å². The standard InChI is InChI=1S/C23H12F3NO2S2/c24-23(25,26)14-4-6-15(7-5-14)27-21(28)16-8-3-13(12-17(16)22(27)29)18-9-10-20(31-18)19-2-1-11-30-19/h1-12H. The molecule has 0 fully saturated rings. The van der Waals surface area contributed by atoms with Crippen molar-refractivity contribution >= 4 is 40.2 Å². The van der Waals surface area contributed by atoms with Crippen LogP contribution in [-0.4, -0.2) is 11.8 Å². The normalized spacial score (nSPS) is 13.7. The predicted molar refractivity (Wildman–Crippen MR) is 116 cm³/mol. The average molecular weight is 455 g/mol. The third-order valence-corrected chi connectivity index (χ3v) is 7.19. The molecule has 0 atom stereocenters. The van der Waals surface area contributed by atoms with E-state index in [-0.39, 0.29) is 16.8 Å². The quantitative estimate of drug-likeness (QED) is 0.313. The third-order valence-electron chi connectivity index (χ3n) is 4.99. The second-order valence-corrected chi connectivity index (χ2v) is 8.92. The summed E-state index contributed by atoms with van der Waals surface area (Å²) in [5.41, 5.74) is 0.561. The van der Waals surface area contributed by atoms with Gasteiger partial charge in [0, 0.05) is 14.6 Å². The van der Waals surface area contributed by atoms with Crippen LogP contribution in [0.4, 0.5) is 18.9 Å². The molecule has 0 unspecified atom stereocenters. The van der Waals surface area contributed by atoms with Crippen LogP contribution >= 0.6 is 22.7 Å². The van der Waals surface area contributed by atoms with Gasteiger partial charge in [-0.1, -0.05) is 12.1 Å². The van der Waals surface area contributed by atoms with E-state index < -0.39 is 23.6 Å². The molecule has 31 heavy (non-hydrogen) atoms. The molecule has 8 heteroatoms. The molecule has 3 heterocycles. The van der Waals surface area contributed by atoms with E-state index in [9.17, 15) is 22.8 Å². The van der Waals surface area contributed by atoms with Gasteiger partial charge in [0.2, 0.25) is 0 Å². The van der Waals surface area contributed by atoms with Gasteiger partial charge in [0.25, 0.3) is 11.8 Å². The second-order valence-electron chi connectivity index (χ2n) is 6.89. The first-order chi connectivity index (χ1) is 14.8. The maximum atomic E-state index is 13.0. The van der Waals surface area contributed by atoms with Crippen molar-refractivity contribution in [3.8, 4) is 20.2 Å². The molecule has 4 aromatic rings. The highest BCUT2D eigenvalue weighted by Gasteiger charge is 2.37. The fourth-order valence-electron chi connectivity index (χ4n) is 3.47. The lowest BCUT2D eigenvalue weighted by molar-refractivity contribution is -0.137. The Labute approximate surface area is 183 Å². The Hall–Kier alpha value is -3.23. The van der Waals surface area contributed by atoms with Crippen LogP contribution in [0.1, 0.15) is 26.3 Å². The second kappa shape index (κ2) is 7.18. The number of thiophene rings is 2. The van der Waals surface area contributed by atoms with Gasteiger partial charge in [0.1, 0.15) is 0 Å². The van der Waals surface area contributed by atoms with Crippen molar-refractivity contribution < 1.29 is 22.8 Å². The highest BCUT2D eigenvalue weighted by molar-refractivity contribution is 7.23. The van der Waals surface area contributed by atoms with Crippen LogP contribution < -0.4 is 4.90 Å². The van der Waals surface area contributed by atoms with Crippen molar-refractivity contribution in [3.05, 3.63) is 88.8 Å². The Bertz CT molecular complexity index is 1310. The van der Waals surface area contributed by atoms with Gasteiger partial charge >= 0.3 is 6.18 Å². The van der Waals surface area contributed by atoms with Gasteiger partial charge in [-0.25, -0.2) is 4.90 Å². The van der Waals surface area contributed by atoms with E-state index in [0.717, 1.165) is 49.4 Å². The number of carbonyl (C=O) groups excluding carboxylic acids is 2. The summed E-state index contributed by atoms with van der Waals surface area (Å²) in [6.45, 7) is 0. The molecule has 0 spiro atoms. The molecule has 5 rings (SSSR count). The van der Waals surface area contributed by atoms with Crippen LogP contribution in [0.25, 0.3) is 20.2 Å². The lowest BCUT2D eigenvalue weighted by Crippen LogP contribution is -2.29. The minimum atomic E-state index is -4.49. The number of carbonyl (C=O) groups is 2. The first-order valence-corrected chi connectivity index (χ1v) is 10.9. The summed E-state index contributed by atoms with van der Waals surface area (Å²) in [5.74, 6) is -1.09. The van der Waals surface area contributed by atoms with E-state index in [4.69, 9.17) is 0 Å². The van der Waals surface area contributed by atoms with E-state index in [2.05, 4.69) is 0 Å². The molecule has 0 saturated carbocycles. The summed E-state index contributed by atoms with van der Waals surface area (Å²) in [6, 6.07) is 17.0. The Morgan fingerprint density at radius 2 is 1.45 bits per heavy atom. The molecule has 0 radical (unpaired) electrons. The Balaban J connectivity index is 1.47. The molecule has 0 bridgehead atoms. The number of hydrogen-bond donors (Lipinski definition) is 0. The molecule has 0 saturated heterocycles. The van der Waals surface area contributed by atoms with Gasteiger partial charge in [0.15, 0.2) is 0 Å². The fraction of sp³-hybridized carbons (Fsp3) is 0.0435. The zero-order valence-corrected chi connectivity index (χ0v) is 17.3. The van der Waals surface area contributed by atoms with E-state index in [0.29, 0.717) is 0 Å². The van der Waals surface area contributed by atoms with Crippen LogP contribution in [0.3, 0.4) is 0 Å². The summed E-state index contributed by atoms with van der Waals surface area (Å²) >= 11 is 3.23. The molecule has 0 N–H and O–H groups in total. The largest absolute Gasteiger partial charge is 0.416 e. The lowest BCUT2D eigenvalue weighted by Gasteiger charge is -2.15. The number of halogens is 3. The van der Waals surface area contributed by atoms with Crippen molar-refractivity contribution in [2.24, 2.45) is 0 Å². The average Bonchev–Trinajstić information content (AvgIpc) is 3.48. The maximum Gasteiger partial charge on any atom is 0.416 e. The molecule has 3 nitrogen and oxygen atoms in total. The van der Waals surface area contributed by atoms with Crippen molar-refractivity contribution in [2.75, 3.05) is 4.90 Å². The van der Waals surface area contributed by atoms with Crippen LogP contribution in [0.15, 0.2) is 72.1 Å². The monoisotopic (exact) mass is 455 g/mol. The lowest BCUT2D eigenvalue weighted by atomic mass is 10.0. The minimum absolute atomic E-state index is 0.108. The summed E-state index contributed by atoms with van der Waals surface area (Å²) in [7, 11) is 0. The molecule has 1 aliphatic rings. The highest BCUT2D eigenvalue weighted by atomic mass is 32.1. The van der Waals surface area contributed by atoms with Crippen LogP contribution in [-0.2, 0) is 6.18 Å². The minimum Gasteiger partial charge on any atom is -0.268 e. The number of benzene rings is 2. The van der Waals surface area contributed by atoms with E-state index in [1.165, 1.54) is 0 Å². The number of hydrogen-bond acceptors (Lipinski definition) is 4. The van der Waals surface area contributed by atoms with E-state index in [1.807, 2.05) is 29.6 Å². The molecular weight excluding hydrogens is 443 g/mol. The summed E-state index contributed by atoms with van der Waals surface area (Å²) < 4.78 is 38.4. The van der Waals surface area contributed by atoms with Crippen molar-refractivity contribution in [1.29, 1.82) is 0 Å². The molecule has 1 aliphatic heterocycles. The molecule has 2 aromatic heterocycles. The zero-order valence-electron chi connectivity index (χ0n) is 15.6. The fourth-order valence-corrected chi connectivity index (χ4v) is 5.31.